The molecule has 21 heavy (non-hydrogen) atoms. The quantitative estimate of drug-likeness (QED) is 0.516. The van der Waals surface area contributed by atoms with Gasteiger partial charge in [0.25, 0.3) is 5.91 Å². The third kappa shape index (κ3) is 3.71. The second kappa shape index (κ2) is 6.74. The molecule has 0 saturated carbocycles. The molecule has 2 aromatic rings. The Morgan fingerprint density at radius 1 is 1.19 bits per heavy atom. The lowest BCUT2D eigenvalue weighted by Gasteiger charge is -2.03. The van der Waals surface area contributed by atoms with E-state index in [1.807, 2.05) is 5.48 Å². The van der Waals surface area contributed by atoms with Crippen LogP contribution in [0.25, 0.3) is 0 Å². The number of hydrazone groups is 1. The lowest BCUT2D eigenvalue weighted by Crippen LogP contribution is -2.17. The number of hydrogen-bond acceptors (Lipinski definition) is 5. The van der Waals surface area contributed by atoms with Crippen molar-refractivity contribution >= 4 is 29.4 Å². The Balaban J connectivity index is 2.05. The highest BCUT2D eigenvalue weighted by molar-refractivity contribution is 6.33. The van der Waals surface area contributed by atoms with Crippen molar-refractivity contribution in [3.05, 3.63) is 58.6 Å². The minimum absolute atomic E-state index is 0.0288. The summed E-state index contributed by atoms with van der Waals surface area (Å²) in [5.41, 5.74) is 5.44. The van der Waals surface area contributed by atoms with Gasteiger partial charge in [-0.25, -0.2) is 5.43 Å². The molecule has 0 atom stereocenters. The van der Waals surface area contributed by atoms with Crippen LogP contribution in [0.4, 0.5) is 5.69 Å². The number of anilines is 1. The topological polar surface area (TPSA) is 94.0 Å². The SMILES string of the molecule is O=C(N/N=C/c1c(O)cccc1Cl)c1ccc(NO)cc1. The smallest absolute Gasteiger partial charge is 0.271 e. The zero-order valence-corrected chi connectivity index (χ0v) is 11.5. The lowest BCUT2D eigenvalue weighted by atomic mass is 10.2. The van der Waals surface area contributed by atoms with Crippen molar-refractivity contribution in [3.8, 4) is 5.75 Å². The van der Waals surface area contributed by atoms with E-state index in [1.54, 1.807) is 24.3 Å². The van der Waals surface area contributed by atoms with Crippen molar-refractivity contribution in [3.63, 3.8) is 0 Å². The molecule has 2 aromatic carbocycles. The Morgan fingerprint density at radius 2 is 1.90 bits per heavy atom. The van der Waals surface area contributed by atoms with E-state index < -0.39 is 5.91 Å². The van der Waals surface area contributed by atoms with Crippen LogP contribution in [0.15, 0.2) is 47.6 Å². The van der Waals surface area contributed by atoms with E-state index in [2.05, 4.69) is 10.5 Å². The molecular weight excluding hydrogens is 294 g/mol. The summed E-state index contributed by atoms with van der Waals surface area (Å²) in [6.45, 7) is 0. The van der Waals surface area contributed by atoms with Crippen molar-refractivity contribution in [2.24, 2.45) is 5.10 Å². The molecule has 108 valence electrons. The fourth-order valence-corrected chi connectivity index (χ4v) is 1.79. The van der Waals surface area contributed by atoms with E-state index in [4.69, 9.17) is 16.8 Å². The summed E-state index contributed by atoms with van der Waals surface area (Å²) >= 11 is 5.90. The van der Waals surface area contributed by atoms with Gasteiger partial charge in [0.05, 0.1) is 22.5 Å². The summed E-state index contributed by atoms with van der Waals surface area (Å²) < 4.78 is 0. The maximum atomic E-state index is 11.8. The lowest BCUT2D eigenvalue weighted by molar-refractivity contribution is 0.0955. The number of nitrogens with one attached hydrogen (secondary N) is 2. The van der Waals surface area contributed by atoms with Crippen LogP contribution < -0.4 is 10.9 Å². The maximum absolute atomic E-state index is 11.8. The van der Waals surface area contributed by atoms with Crippen molar-refractivity contribution < 1.29 is 15.1 Å². The van der Waals surface area contributed by atoms with Gasteiger partial charge in [0.15, 0.2) is 0 Å². The fraction of sp³-hybridized carbons (Fsp3) is 0. The summed E-state index contributed by atoms with van der Waals surface area (Å²) in [6.07, 6.45) is 1.26. The molecule has 0 aliphatic rings. The minimum atomic E-state index is -0.428. The van der Waals surface area contributed by atoms with Gasteiger partial charge in [0, 0.05) is 5.56 Å². The molecule has 1 amide bonds. The molecule has 6 nitrogen and oxygen atoms in total. The largest absolute Gasteiger partial charge is 0.507 e. The van der Waals surface area contributed by atoms with Crippen molar-refractivity contribution in [2.75, 3.05) is 5.48 Å². The summed E-state index contributed by atoms with van der Waals surface area (Å²) in [6, 6.07) is 10.8. The third-order valence-corrected chi connectivity index (χ3v) is 3.00. The van der Waals surface area contributed by atoms with E-state index in [0.29, 0.717) is 21.8 Å². The molecular formula is C14H12ClN3O3. The molecule has 0 bridgehead atoms. The van der Waals surface area contributed by atoms with Gasteiger partial charge in [-0.15, -0.1) is 0 Å². The monoisotopic (exact) mass is 305 g/mol. The van der Waals surface area contributed by atoms with Gasteiger partial charge in [0.1, 0.15) is 5.75 Å². The zero-order valence-electron chi connectivity index (χ0n) is 10.7. The van der Waals surface area contributed by atoms with Crippen LogP contribution in [0.5, 0.6) is 5.75 Å². The van der Waals surface area contributed by atoms with Crippen LogP contribution in [0.3, 0.4) is 0 Å². The number of rotatable bonds is 4. The summed E-state index contributed by atoms with van der Waals surface area (Å²) in [4.78, 5) is 11.8. The normalized spacial score (nSPS) is 10.6. The van der Waals surface area contributed by atoms with Gasteiger partial charge in [-0.3, -0.25) is 15.5 Å². The highest BCUT2D eigenvalue weighted by Gasteiger charge is 2.05. The van der Waals surface area contributed by atoms with Crippen molar-refractivity contribution in [1.82, 2.24) is 5.43 Å². The number of carbonyl (C=O) groups excluding carboxylic acids is 1. The van der Waals surface area contributed by atoms with Crippen molar-refractivity contribution in [1.29, 1.82) is 0 Å². The third-order valence-electron chi connectivity index (χ3n) is 2.67. The first-order chi connectivity index (χ1) is 10.1. The van der Waals surface area contributed by atoms with E-state index >= 15 is 0 Å². The number of carbonyl (C=O) groups is 1. The molecule has 4 N–H and O–H groups in total. The Bertz CT molecular complexity index is 651. The molecule has 0 fully saturated rings. The number of aromatic hydroxyl groups is 1. The first-order valence-electron chi connectivity index (χ1n) is 5.93. The number of amides is 1. The Kier molecular flexibility index (Phi) is 4.76. The van der Waals surface area contributed by atoms with E-state index in [9.17, 15) is 9.90 Å². The van der Waals surface area contributed by atoms with Gasteiger partial charge < -0.3 is 5.11 Å². The molecule has 0 spiro atoms. The van der Waals surface area contributed by atoms with Gasteiger partial charge in [-0.05, 0) is 36.4 Å². The van der Waals surface area contributed by atoms with Gasteiger partial charge in [0.2, 0.25) is 0 Å². The molecule has 0 saturated heterocycles. The van der Waals surface area contributed by atoms with Crippen molar-refractivity contribution in [2.45, 2.75) is 0 Å². The van der Waals surface area contributed by atoms with Gasteiger partial charge in [-0.2, -0.15) is 5.10 Å². The van der Waals surface area contributed by atoms with Crippen LogP contribution in [0.2, 0.25) is 5.02 Å². The number of halogens is 1. The standard InChI is InChI=1S/C14H12ClN3O3/c15-12-2-1-3-13(19)11(12)8-16-17-14(20)9-4-6-10(18-21)7-5-9/h1-8,18-19,21H,(H,17,20)/b16-8+. The Morgan fingerprint density at radius 3 is 2.52 bits per heavy atom. The first kappa shape index (κ1) is 14.8. The summed E-state index contributed by atoms with van der Waals surface area (Å²) in [5, 5.41) is 22.4. The maximum Gasteiger partial charge on any atom is 0.271 e. The second-order valence-electron chi connectivity index (χ2n) is 4.06. The molecule has 0 aromatic heterocycles. The minimum Gasteiger partial charge on any atom is -0.507 e. The first-order valence-corrected chi connectivity index (χ1v) is 6.30. The second-order valence-corrected chi connectivity index (χ2v) is 4.47. The Hall–Kier alpha value is -2.57. The fourth-order valence-electron chi connectivity index (χ4n) is 1.57. The molecule has 0 unspecified atom stereocenters. The number of nitrogens with zero attached hydrogens (tertiary/aromatic N) is 1. The highest BCUT2D eigenvalue weighted by Crippen LogP contribution is 2.22. The van der Waals surface area contributed by atoms with Gasteiger partial charge >= 0.3 is 0 Å². The number of benzene rings is 2. The average Bonchev–Trinajstić information content (AvgIpc) is 2.50. The summed E-state index contributed by atoms with van der Waals surface area (Å²) in [5.74, 6) is -0.457. The summed E-state index contributed by atoms with van der Waals surface area (Å²) in [7, 11) is 0. The molecule has 7 heteroatoms. The van der Waals surface area contributed by atoms with Crippen LogP contribution in [0.1, 0.15) is 15.9 Å². The van der Waals surface area contributed by atoms with Crippen LogP contribution in [-0.4, -0.2) is 22.4 Å². The van der Waals surface area contributed by atoms with Crippen LogP contribution >= 0.6 is 11.6 Å². The zero-order chi connectivity index (χ0) is 15.2. The van der Waals surface area contributed by atoms with Crippen LogP contribution in [0, 0.1) is 0 Å². The molecule has 0 heterocycles. The number of hydrogen-bond donors (Lipinski definition) is 4. The number of phenols is 1. The molecule has 0 aliphatic heterocycles. The predicted molar refractivity (Wildman–Crippen MR) is 80.0 cm³/mol. The van der Waals surface area contributed by atoms with E-state index in [-0.39, 0.29) is 5.75 Å². The highest BCUT2D eigenvalue weighted by atomic mass is 35.5. The van der Waals surface area contributed by atoms with Gasteiger partial charge in [-0.1, -0.05) is 17.7 Å². The van der Waals surface area contributed by atoms with E-state index in [0.717, 1.165) is 0 Å². The van der Waals surface area contributed by atoms with Crippen LogP contribution in [-0.2, 0) is 0 Å². The molecule has 2 rings (SSSR count). The Labute approximate surface area is 125 Å². The average molecular weight is 306 g/mol. The molecule has 0 aliphatic carbocycles. The number of phenolic OH excluding ortho intramolecular Hbond substituents is 1. The van der Waals surface area contributed by atoms with E-state index in [1.165, 1.54) is 24.4 Å². The predicted octanol–water partition coefficient (Wildman–Crippen LogP) is 2.61. The molecule has 0 radical (unpaired) electrons.